The highest BCUT2D eigenvalue weighted by atomic mass is 32.2. The van der Waals surface area contributed by atoms with Crippen molar-refractivity contribution in [2.75, 3.05) is 0 Å². The van der Waals surface area contributed by atoms with Gasteiger partial charge in [0, 0.05) is 45.4 Å². The Labute approximate surface area is 246 Å². The second-order valence-electron chi connectivity index (χ2n) is 9.39. The fraction of sp³-hybridized carbons (Fsp3) is 0. The van der Waals surface area contributed by atoms with Crippen LogP contribution < -0.4 is 0 Å². The Bertz CT molecular complexity index is 2270. The van der Waals surface area contributed by atoms with Crippen LogP contribution in [0.15, 0.2) is 119 Å². The number of nitrogens with zero attached hydrogens (tertiary/aromatic N) is 1. The van der Waals surface area contributed by atoms with Gasteiger partial charge in [-0.1, -0.05) is 48.5 Å². The number of benzene rings is 3. The van der Waals surface area contributed by atoms with Gasteiger partial charge in [-0.25, -0.2) is 12.4 Å². The fourth-order valence-electron chi connectivity index (χ4n) is 5.35. The van der Waals surface area contributed by atoms with Crippen molar-refractivity contribution in [1.82, 2.24) is 3.97 Å². The van der Waals surface area contributed by atoms with Crippen LogP contribution in [0.3, 0.4) is 0 Å². The molecule has 3 nitrogen and oxygen atoms in total. The molecule has 0 spiro atoms. The molecule has 0 aliphatic carbocycles. The largest absolute Gasteiger partial charge is 0.268 e. The molecule has 0 N–H and O–H groups in total. The number of rotatable bonds is 5. The molecule has 8 aromatic rings. The second-order valence-corrected chi connectivity index (χ2v) is 15.2. The molecule has 0 atom stereocenters. The van der Waals surface area contributed by atoms with Crippen molar-refractivity contribution in [2.45, 2.75) is 4.90 Å². The Hall–Kier alpha value is -3.53. The minimum atomic E-state index is -3.86. The van der Waals surface area contributed by atoms with Crippen LogP contribution >= 0.6 is 45.3 Å². The maximum Gasteiger partial charge on any atom is 0.268 e. The highest BCUT2D eigenvalue weighted by Gasteiger charge is 2.27. The van der Waals surface area contributed by atoms with E-state index in [4.69, 9.17) is 0 Å². The van der Waals surface area contributed by atoms with Gasteiger partial charge in [0.1, 0.15) is 0 Å². The van der Waals surface area contributed by atoms with Crippen molar-refractivity contribution in [3.05, 3.63) is 114 Å². The molecule has 5 heterocycles. The third-order valence-electron chi connectivity index (χ3n) is 7.06. The van der Waals surface area contributed by atoms with Crippen molar-refractivity contribution in [1.29, 1.82) is 0 Å². The highest BCUT2D eigenvalue weighted by Crippen LogP contribution is 2.50. The number of hydrogen-bond donors (Lipinski definition) is 0. The number of thiophene rings is 4. The summed E-state index contributed by atoms with van der Waals surface area (Å²) in [6, 6.07) is 33.7. The molecule has 0 aliphatic heterocycles. The van der Waals surface area contributed by atoms with Crippen molar-refractivity contribution in [2.24, 2.45) is 0 Å². The molecule has 0 saturated carbocycles. The average Bonchev–Trinajstić information content (AvgIpc) is 3.81. The first-order valence-corrected chi connectivity index (χ1v) is 17.4. The Kier molecular flexibility index (Phi) is 5.62. The Balaban J connectivity index is 1.52. The van der Waals surface area contributed by atoms with Crippen LogP contribution in [0.25, 0.3) is 61.8 Å². The number of fused-ring (bicyclic) bond motifs is 4. The van der Waals surface area contributed by atoms with Crippen molar-refractivity contribution >= 4 is 87.3 Å². The number of aromatic nitrogens is 1. The van der Waals surface area contributed by atoms with Gasteiger partial charge in [0.2, 0.25) is 0 Å². The molecule has 0 amide bonds. The molecule has 0 unspecified atom stereocenters. The molecular weight excluding hydrogens is 591 g/mol. The van der Waals surface area contributed by atoms with Crippen LogP contribution in [0.1, 0.15) is 0 Å². The number of para-hydroxylation sites is 1. The molecule has 3 aromatic carbocycles. The minimum absolute atomic E-state index is 0.278. The van der Waals surface area contributed by atoms with E-state index in [2.05, 4.69) is 59.3 Å². The topological polar surface area (TPSA) is 39.1 Å². The van der Waals surface area contributed by atoms with Gasteiger partial charge in [-0.15, -0.1) is 45.3 Å². The maximum absolute atomic E-state index is 14.2. The maximum atomic E-state index is 14.2. The van der Waals surface area contributed by atoms with Crippen molar-refractivity contribution in [3.8, 4) is 29.9 Å². The van der Waals surface area contributed by atoms with Crippen molar-refractivity contribution < 1.29 is 8.42 Å². The summed E-state index contributed by atoms with van der Waals surface area (Å²) >= 11 is 7.00. The molecule has 5 aromatic heterocycles. The fourth-order valence-corrected chi connectivity index (χ4v) is 10.9. The second kappa shape index (κ2) is 9.26. The zero-order chi connectivity index (χ0) is 26.8. The standard InChI is InChI=1S/C32H19NO2S5/c34-40(35,21-8-2-1-3-9-21)33-23-11-5-4-10-22(23)30-24(33)18-20-19-29(26-13-7-17-37-26)39-32(20)31(30)28-15-14-27(38-28)25-12-6-16-36-25/h1-19H. The quantitative estimate of drug-likeness (QED) is 0.195. The van der Waals surface area contributed by atoms with E-state index in [0.29, 0.717) is 11.0 Å². The molecule has 0 bridgehead atoms. The van der Waals surface area contributed by atoms with E-state index in [9.17, 15) is 8.42 Å². The zero-order valence-corrected chi connectivity index (χ0v) is 24.9. The van der Waals surface area contributed by atoms with E-state index >= 15 is 0 Å². The molecule has 8 heteroatoms. The Morgan fingerprint density at radius 3 is 2.02 bits per heavy atom. The lowest BCUT2D eigenvalue weighted by atomic mass is 10.0. The third-order valence-corrected chi connectivity index (χ3v) is 13.2. The molecule has 40 heavy (non-hydrogen) atoms. The predicted molar refractivity (Wildman–Crippen MR) is 174 cm³/mol. The van der Waals surface area contributed by atoms with Gasteiger partial charge < -0.3 is 0 Å². The summed E-state index contributed by atoms with van der Waals surface area (Å²) in [5.74, 6) is 0. The van der Waals surface area contributed by atoms with Gasteiger partial charge in [0.25, 0.3) is 10.0 Å². The first-order chi connectivity index (χ1) is 19.6. The number of hydrogen-bond acceptors (Lipinski definition) is 6. The Morgan fingerprint density at radius 2 is 1.27 bits per heavy atom. The normalized spacial score (nSPS) is 12.2. The van der Waals surface area contributed by atoms with E-state index < -0.39 is 10.0 Å². The highest BCUT2D eigenvalue weighted by molar-refractivity contribution is 7.90. The van der Waals surface area contributed by atoms with E-state index in [0.717, 1.165) is 26.6 Å². The summed E-state index contributed by atoms with van der Waals surface area (Å²) < 4.78 is 31.2. The lowest BCUT2D eigenvalue weighted by Crippen LogP contribution is -2.12. The molecule has 0 radical (unpaired) electrons. The zero-order valence-electron chi connectivity index (χ0n) is 20.8. The smallest absolute Gasteiger partial charge is 0.233 e. The van der Waals surface area contributed by atoms with E-state index in [1.807, 2.05) is 30.3 Å². The van der Waals surface area contributed by atoms with Crippen LogP contribution in [0.4, 0.5) is 0 Å². The molecule has 0 aliphatic rings. The molecule has 0 saturated heterocycles. The molecule has 8 rings (SSSR count). The average molecular weight is 610 g/mol. The summed E-state index contributed by atoms with van der Waals surface area (Å²) in [6.07, 6.45) is 0. The van der Waals surface area contributed by atoms with Gasteiger partial charge in [-0.2, -0.15) is 0 Å². The van der Waals surface area contributed by atoms with Crippen LogP contribution in [0, 0.1) is 0 Å². The van der Waals surface area contributed by atoms with Gasteiger partial charge in [-0.3, -0.25) is 0 Å². The predicted octanol–water partition coefficient (Wildman–Crippen LogP) is 10.4. The summed E-state index contributed by atoms with van der Waals surface area (Å²) in [7, 11) is -3.86. The van der Waals surface area contributed by atoms with E-state index in [1.165, 1.54) is 24.2 Å². The first-order valence-electron chi connectivity index (χ1n) is 12.6. The lowest BCUT2D eigenvalue weighted by Gasteiger charge is -2.10. The first kappa shape index (κ1) is 24.3. The van der Waals surface area contributed by atoms with Gasteiger partial charge in [0.15, 0.2) is 0 Å². The van der Waals surface area contributed by atoms with Gasteiger partial charge in [0.05, 0.1) is 15.9 Å². The molecule has 194 valence electrons. The summed E-state index contributed by atoms with van der Waals surface area (Å²) in [6.45, 7) is 0. The summed E-state index contributed by atoms with van der Waals surface area (Å²) in [4.78, 5) is 6.27. The van der Waals surface area contributed by atoms with E-state index in [1.54, 1.807) is 73.6 Å². The van der Waals surface area contributed by atoms with Crippen molar-refractivity contribution in [3.63, 3.8) is 0 Å². The van der Waals surface area contributed by atoms with E-state index in [-0.39, 0.29) is 4.90 Å². The minimum Gasteiger partial charge on any atom is -0.233 e. The SMILES string of the molecule is O=S(=O)(c1ccccc1)n1c2ccccc2c2c(-c3ccc(-c4cccs4)s3)c3sc(-c4cccs4)cc3cc21. The van der Waals surface area contributed by atoms with Gasteiger partial charge >= 0.3 is 0 Å². The molecule has 0 fully saturated rings. The lowest BCUT2D eigenvalue weighted by molar-refractivity contribution is 0.590. The summed E-state index contributed by atoms with van der Waals surface area (Å²) in [5.41, 5.74) is 2.49. The van der Waals surface area contributed by atoms with Gasteiger partial charge in [-0.05, 0) is 70.7 Å². The van der Waals surface area contributed by atoms with Crippen LogP contribution in [0.5, 0.6) is 0 Å². The van der Waals surface area contributed by atoms with Crippen LogP contribution in [-0.2, 0) is 10.0 Å². The Morgan fingerprint density at radius 1 is 0.575 bits per heavy atom. The van der Waals surface area contributed by atoms with Crippen LogP contribution in [0.2, 0.25) is 0 Å². The molecular formula is C32H19NO2S5. The third kappa shape index (κ3) is 3.68. The monoisotopic (exact) mass is 609 g/mol. The summed E-state index contributed by atoms with van der Waals surface area (Å²) in [5, 5.41) is 7.15. The van der Waals surface area contributed by atoms with Crippen LogP contribution in [-0.4, -0.2) is 12.4 Å².